The van der Waals surface area contributed by atoms with Crippen LogP contribution in [0, 0.1) is 0 Å². The Labute approximate surface area is 111 Å². The van der Waals surface area contributed by atoms with Crippen LogP contribution in [-0.2, 0) is 6.54 Å². The molecule has 1 aliphatic rings. The molecule has 3 atom stereocenters. The topological polar surface area (TPSA) is 55.9 Å². The first-order chi connectivity index (χ1) is 8.27. The molecule has 96 valence electrons. The Hall–Kier alpha value is -0.170. The van der Waals surface area contributed by atoms with Crippen LogP contribution >= 0.6 is 23.5 Å². The van der Waals surface area contributed by atoms with Gasteiger partial charge in [-0.2, -0.15) is 28.6 Å². The summed E-state index contributed by atoms with van der Waals surface area (Å²) in [5, 5.41) is 5.46. The highest BCUT2D eigenvalue weighted by Gasteiger charge is 2.32. The lowest BCUT2D eigenvalue weighted by molar-refractivity contribution is 0.475. The number of nitrogens with two attached hydrogens (primary N) is 1. The van der Waals surface area contributed by atoms with Crippen molar-refractivity contribution in [2.24, 2.45) is 5.84 Å². The first-order valence-corrected chi connectivity index (χ1v) is 8.08. The van der Waals surface area contributed by atoms with Crippen LogP contribution in [0.15, 0.2) is 12.3 Å². The summed E-state index contributed by atoms with van der Waals surface area (Å²) < 4.78 is 2.02. The lowest BCUT2D eigenvalue weighted by Crippen LogP contribution is -2.42. The van der Waals surface area contributed by atoms with Gasteiger partial charge in [0.25, 0.3) is 0 Å². The fourth-order valence-corrected chi connectivity index (χ4v) is 5.15. The summed E-state index contributed by atoms with van der Waals surface area (Å²) in [5.74, 6) is 8.22. The van der Waals surface area contributed by atoms with Crippen molar-refractivity contribution in [2.75, 3.05) is 11.5 Å². The summed E-state index contributed by atoms with van der Waals surface area (Å²) in [6.07, 6.45) is 1.86. The van der Waals surface area contributed by atoms with E-state index in [1.807, 2.05) is 34.4 Å². The molecule has 1 aliphatic heterocycles. The van der Waals surface area contributed by atoms with Gasteiger partial charge in [-0.25, -0.2) is 0 Å². The molecule has 1 aromatic rings. The fourth-order valence-electron chi connectivity index (χ4n) is 2.24. The molecule has 6 heteroatoms. The zero-order valence-electron chi connectivity index (χ0n) is 10.3. The summed E-state index contributed by atoms with van der Waals surface area (Å²) in [6.45, 7) is 5.29. The predicted molar refractivity (Wildman–Crippen MR) is 76.1 cm³/mol. The average Bonchev–Trinajstić information content (AvgIpc) is 2.81. The van der Waals surface area contributed by atoms with E-state index < -0.39 is 0 Å². The Kier molecular flexibility index (Phi) is 4.78. The number of nitrogens with zero attached hydrogens (tertiary/aromatic N) is 2. The van der Waals surface area contributed by atoms with Crippen molar-refractivity contribution in [1.82, 2.24) is 15.2 Å². The minimum absolute atomic E-state index is 0.185. The van der Waals surface area contributed by atoms with E-state index in [9.17, 15) is 0 Å². The summed E-state index contributed by atoms with van der Waals surface area (Å²) in [7, 11) is 0. The summed E-state index contributed by atoms with van der Waals surface area (Å²) >= 11 is 4.05. The van der Waals surface area contributed by atoms with Crippen molar-refractivity contribution in [3.63, 3.8) is 0 Å². The highest BCUT2D eigenvalue weighted by atomic mass is 32.2. The quantitative estimate of drug-likeness (QED) is 0.645. The monoisotopic (exact) mass is 272 g/mol. The van der Waals surface area contributed by atoms with Crippen molar-refractivity contribution in [1.29, 1.82) is 0 Å². The van der Waals surface area contributed by atoms with Gasteiger partial charge < -0.3 is 0 Å². The molecule has 0 aliphatic carbocycles. The summed E-state index contributed by atoms with van der Waals surface area (Å²) in [5.41, 5.74) is 4.18. The smallest absolute Gasteiger partial charge is 0.0758 e. The molecule has 1 saturated heterocycles. The molecule has 0 bridgehead atoms. The summed E-state index contributed by atoms with van der Waals surface area (Å²) in [6, 6.07) is 2.26. The van der Waals surface area contributed by atoms with Gasteiger partial charge in [0.1, 0.15) is 0 Å². The second-order valence-corrected chi connectivity index (χ2v) is 6.90. The number of hydrogen-bond acceptors (Lipinski definition) is 5. The molecule has 17 heavy (non-hydrogen) atoms. The number of nitrogens with one attached hydrogen (secondary N) is 1. The SMILES string of the molecule is CCn1nccc1C(NN)C1SCCSC1C. The van der Waals surface area contributed by atoms with Gasteiger partial charge in [-0.3, -0.25) is 16.0 Å². The number of hydrazine groups is 1. The van der Waals surface area contributed by atoms with E-state index in [1.165, 1.54) is 17.2 Å². The van der Waals surface area contributed by atoms with Crippen LogP contribution in [0.3, 0.4) is 0 Å². The first kappa shape index (κ1) is 13.3. The van der Waals surface area contributed by atoms with Crippen LogP contribution in [0.1, 0.15) is 25.6 Å². The normalized spacial score (nSPS) is 27.0. The van der Waals surface area contributed by atoms with Crippen molar-refractivity contribution >= 4 is 23.5 Å². The van der Waals surface area contributed by atoms with Gasteiger partial charge in [0.15, 0.2) is 0 Å². The van der Waals surface area contributed by atoms with Gasteiger partial charge in [-0.05, 0) is 13.0 Å². The number of aromatic nitrogens is 2. The van der Waals surface area contributed by atoms with E-state index in [4.69, 9.17) is 5.84 Å². The second-order valence-electron chi connectivity index (χ2n) is 4.13. The molecule has 0 amide bonds. The largest absolute Gasteiger partial charge is 0.271 e. The van der Waals surface area contributed by atoms with Crippen molar-refractivity contribution in [3.05, 3.63) is 18.0 Å². The Balaban J connectivity index is 2.20. The molecule has 4 nitrogen and oxygen atoms in total. The van der Waals surface area contributed by atoms with Gasteiger partial charge in [0, 0.05) is 34.7 Å². The van der Waals surface area contributed by atoms with E-state index in [1.54, 1.807) is 0 Å². The molecular weight excluding hydrogens is 252 g/mol. The van der Waals surface area contributed by atoms with E-state index in [0.717, 1.165) is 6.54 Å². The molecule has 0 radical (unpaired) electrons. The van der Waals surface area contributed by atoms with E-state index in [0.29, 0.717) is 10.5 Å². The highest BCUT2D eigenvalue weighted by Crippen LogP contribution is 2.38. The average molecular weight is 272 g/mol. The van der Waals surface area contributed by atoms with Gasteiger partial charge in [0.05, 0.1) is 11.7 Å². The van der Waals surface area contributed by atoms with Crippen LogP contribution in [0.5, 0.6) is 0 Å². The molecular formula is C11H20N4S2. The molecule has 0 saturated carbocycles. The predicted octanol–water partition coefficient (Wildman–Crippen LogP) is 1.64. The van der Waals surface area contributed by atoms with Crippen LogP contribution < -0.4 is 11.3 Å². The molecule has 3 unspecified atom stereocenters. The maximum atomic E-state index is 5.77. The third kappa shape index (κ3) is 2.81. The molecule has 2 heterocycles. The maximum Gasteiger partial charge on any atom is 0.0758 e. The van der Waals surface area contributed by atoms with Gasteiger partial charge in [-0.15, -0.1) is 0 Å². The van der Waals surface area contributed by atoms with E-state index in [-0.39, 0.29) is 6.04 Å². The number of aryl methyl sites for hydroxylation is 1. The zero-order chi connectivity index (χ0) is 12.3. The standard InChI is InChI=1S/C11H20N4S2/c1-3-15-9(4-5-13-15)10(14-12)11-8(2)16-6-7-17-11/h4-5,8,10-11,14H,3,6-7,12H2,1-2H3. The van der Waals surface area contributed by atoms with Crippen molar-refractivity contribution in [2.45, 2.75) is 36.9 Å². The Morgan fingerprint density at radius 1 is 1.59 bits per heavy atom. The third-order valence-corrected chi connectivity index (χ3v) is 6.31. The van der Waals surface area contributed by atoms with Crippen LogP contribution in [0.4, 0.5) is 0 Å². The minimum Gasteiger partial charge on any atom is -0.271 e. The number of thioether (sulfide) groups is 2. The third-order valence-electron chi connectivity index (χ3n) is 3.11. The van der Waals surface area contributed by atoms with Crippen LogP contribution in [-0.4, -0.2) is 31.8 Å². The Morgan fingerprint density at radius 2 is 2.35 bits per heavy atom. The zero-order valence-corrected chi connectivity index (χ0v) is 11.9. The van der Waals surface area contributed by atoms with Gasteiger partial charge in [0.2, 0.25) is 0 Å². The second kappa shape index (κ2) is 6.13. The molecule has 0 spiro atoms. The molecule has 1 fully saturated rings. The number of hydrogen-bond donors (Lipinski definition) is 2. The first-order valence-electron chi connectivity index (χ1n) is 5.99. The van der Waals surface area contributed by atoms with Crippen LogP contribution in [0.2, 0.25) is 0 Å². The molecule has 1 aromatic heterocycles. The maximum absolute atomic E-state index is 5.77. The summed E-state index contributed by atoms with van der Waals surface area (Å²) in [4.78, 5) is 0. The van der Waals surface area contributed by atoms with E-state index in [2.05, 4.69) is 30.4 Å². The molecule has 3 N–H and O–H groups in total. The van der Waals surface area contributed by atoms with Crippen molar-refractivity contribution in [3.8, 4) is 0 Å². The fraction of sp³-hybridized carbons (Fsp3) is 0.727. The Morgan fingerprint density at radius 3 is 3.00 bits per heavy atom. The van der Waals surface area contributed by atoms with E-state index >= 15 is 0 Å². The van der Waals surface area contributed by atoms with Gasteiger partial charge >= 0.3 is 0 Å². The van der Waals surface area contributed by atoms with Crippen LogP contribution in [0.25, 0.3) is 0 Å². The number of rotatable bonds is 4. The van der Waals surface area contributed by atoms with Crippen molar-refractivity contribution < 1.29 is 0 Å². The lowest BCUT2D eigenvalue weighted by Gasteiger charge is -2.34. The van der Waals surface area contributed by atoms with Gasteiger partial charge in [-0.1, -0.05) is 6.92 Å². The lowest BCUT2D eigenvalue weighted by atomic mass is 10.1. The Bertz CT molecular complexity index is 355. The highest BCUT2D eigenvalue weighted by molar-refractivity contribution is 8.07. The molecule has 0 aromatic carbocycles. The molecule has 2 rings (SSSR count). The minimum atomic E-state index is 0.185.